The summed E-state index contributed by atoms with van der Waals surface area (Å²) in [6.45, 7) is 6.48. The number of non-ortho nitro benzene ring substituents is 1. The second kappa shape index (κ2) is 13.0. The number of fused-ring (bicyclic) bond motifs is 3. The van der Waals surface area contributed by atoms with Gasteiger partial charge in [-0.3, -0.25) is 19.7 Å². The molecule has 6 atom stereocenters. The summed E-state index contributed by atoms with van der Waals surface area (Å²) in [5.74, 6) is -6.30. The van der Waals surface area contributed by atoms with Crippen LogP contribution in [0.3, 0.4) is 0 Å². The minimum absolute atomic E-state index is 0.0256. The monoisotopic (exact) mass is 726 g/mol. The average molecular weight is 727 g/mol. The molecule has 0 bridgehead atoms. The van der Waals surface area contributed by atoms with E-state index in [0.717, 1.165) is 15.3 Å². The van der Waals surface area contributed by atoms with E-state index in [1.54, 1.807) is 6.07 Å². The van der Waals surface area contributed by atoms with E-state index in [2.05, 4.69) is 45.0 Å². The van der Waals surface area contributed by atoms with E-state index in [9.17, 15) is 29.9 Å². The molecule has 4 aromatic carbocycles. The lowest BCUT2D eigenvalue weighted by molar-refractivity contribution is -0.384. The van der Waals surface area contributed by atoms with E-state index < -0.39 is 60.6 Å². The van der Waals surface area contributed by atoms with Gasteiger partial charge in [-0.2, -0.15) is 0 Å². The van der Waals surface area contributed by atoms with Crippen molar-refractivity contribution in [1.82, 2.24) is 0 Å². The molecule has 1 saturated carbocycles. The van der Waals surface area contributed by atoms with Gasteiger partial charge in [0.1, 0.15) is 5.75 Å². The SMILES string of the molecule is CC(C)(C)[Si](OC[C@H]1C[C@@H]2C(=O)N(c3cccc([N+](=O)[O-])c3)C(=O)[C@@H]2[C@@H]2C[C@@H](c3ccc(O)cc3Cl)O[C@]12O)(c1ccccc1)c1ccccc1. The first kappa shape index (κ1) is 35.0. The maximum absolute atomic E-state index is 14.3. The van der Waals surface area contributed by atoms with Gasteiger partial charge < -0.3 is 19.4 Å². The lowest BCUT2D eigenvalue weighted by Gasteiger charge is -2.48. The van der Waals surface area contributed by atoms with E-state index in [1.807, 2.05) is 36.4 Å². The van der Waals surface area contributed by atoms with E-state index in [4.69, 9.17) is 20.8 Å². The van der Waals surface area contributed by atoms with Crippen molar-refractivity contribution in [3.05, 3.63) is 124 Å². The number of ether oxygens (including phenoxy) is 1. The van der Waals surface area contributed by atoms with Gasteiger partial charge in [0.15, 0.2) is 5.79 Å². The molecular formula is C39H39ClN2O8Si. The molecule has 51 heavy (non-hydrogen) atoms. The Morgan fingerprint density at radius 3 is 2.18 bits per heavy atom. The zero-order valence-electron chi connectivity index (χ0n) is 28.4. The molecule has 2 amide bonds. The minimum atomic E-state index is -3.10. The summed E-state index contributed by atoms with van der Waals surface area (Å²) in [5, 5.41) is 36.4. The Labute approximate surface area is 301 Å². The number of imide groups is 1. The molecule has 3 aliphatic rings. The maximum atomic E-state index is 14.3. The molecule has 2 aliphatic heterocycles. The van der Waals surface area contributed by atoms with Crippen LogP contribution in [0.15, 0.2) is 103 Å². The number of nitro benzene ring substituents is 1. The number of aliphatic hydroxyl groups is 1. The highest BCUT2D eigenvalue weighted by Gasteiger charge is 2.67. The summed E-state index contributed by atoms with van der Waals surface area (Å²) < 4.78 is 13.9. The van der Waals surface area contributed by atoms with Crippen LogP contribution in [0.5, 0.6) is 5.75 Å². The second-order valence-electron chi connectivity index (χ2n) is 14.7. The Bertz CT molecular complexity index is 1950. The molecule has 0 unspecified atom stereocenters. The van der Waals surface area contributed by atoms with Crippen molar-refractivity contribution in [2.45, 2.75) is 50.5 Å². The Balaban J connectivity index is 1.31. The molecule has 10 nitrogen and oxygen atoms in total. The van der Waals surface area contributed by atoms with Crippen LogP contribution >= 0.6 is 11.6 Å². The Morgan fingerprint density at radius 2 is 1.59 bits per heavy atom. The van der Waals surface area contributed by atoms with E-state index >= 15 is 0 Å². The molecule has 2 saturated heterocycles. The predicted molar refractivity (Wildman–Crippen MR) is 194 cm³/mol. The van der Waals surface area contributed by atoms with Crippen LogP contribution in [0, 0.1) is 33.8 Å². The summed E-state index contributed by atoms with van der Waals surface area (Å²) in [7, 11) is -3.10. The number of anilines is 1. The number of phenolic OH excluding ortho intramolecular Hbond substituents is 1. The third-order valence-electron chi connectivity index (χ3n) is 10.9. The molecule has 264 valence electrons. The van der Waals surface area contributed by atoms with E-state index in [1.165, 1.54) is 36.4 Å². The highest BCUT2D eigenvalue weighted by Crippen LogP contribution is 2.59. The van der Waals surface area contributed by atoms with Gasteiger partial charge >= 0.3 is 0 Å². The molecule has 1 aliphatic carbocycles. The summed E-state index contributed by atoms with van der Waals surface area (Å²) in [4.78, 5) is 40.6. The lowest BCUT2D eigenvalue weighted by atomic mass is 9.64. The van der Waals surface area contributed by atoms with Gasteiger partial charge in [0.2, 0.25) is 11.8 Å². The van der Waals surface area contributed by atoms with Crippen molar-refractivity contribution in [2.24, 2.45) is 23.7 Å². The number of hydrogen-bond donors (Lipinski definition) is 2. The summed E-state index contributed by atoms with van der Waals surface area (Å²) >= 11 is 6.58. The lowest BCUT2D eigenvalue weighted by Crippen LogP contribution is -2.67. The van der Waals surface area contributed by atoms with Gasteiger partial charge in [0.25, 0.3) is 14.0 Å². The molecule has 2 N–H and O–H groups in total. The molecule has 0 radical (unpaired) electrons. The maximum Gasteiger partial charge on any atom is 0.271 e. The van der Waals surface area contributed by atoms with Gasteiger partial charge in [-0.25, -0.2) is 4.90 Å². The van der Waals surface area contributed by atoms with Crippen molar-refractivity contribution in [3.63, 3.8) is 0 Å². The van der Waals surface area contributed by atoms with E-state index in [-0.39, 0.29) is 46.6 Å². The number of rotatable bonds is 8. The number of phenols is 1. The third-order valence-corrected chi connectivity index (χ3v) is 16.2. The number of aromatic hydroxyl groups is 1. The summed E-state index contributed by atoms with van der Waals surface area (Å²) in [6, 6.07) is 30.1. The van der Waals surface area contributed by atoms with Crippen LogP contribution in [0.25, 0.3) is 0 Å². The normalized spacial score (nSPS) is 26.2. The number of hydrogen-bond acceptors (Lipinski definition) is 8. The molecule has 3 fully saturated rings. The van der Waals surface area contributed by atoms with Crippen molar-refractivity contribution in [1.29, 1.82) is 0 Å². The zero-order valence-corrected chi connectivity index (χ0v) is 30.2. The first-order valence-corrected chi connectivity index (χ1v) is 19.3. The van der Waals surface area contributed by atoms with Crippen LogP contribution in [-0.2, 0) is 18.8 Å². The van der Waals surface area contributed by atoms with E-state index in [0.29, 0.717) is 5.56 Å². The molecule has 0 aromatic heterocycles. The van der Waals surface area contributed by atoms with Gasteiger partial charge in [0.05, 0.1) is 33.6 Å². The Kier molecular flexibility index (Phi) is 8.92. The average Bonchev–Trinajstić information content (AvgIpc) is 3.58. The van der Waals surface area contributed by atoms with Gasteiger partial charge in [-0.1, -0.05) is 105 Å². The Hall–Kier alpha value is -4.39. The van der Waals surface area contributed by atoms with Crippen LogP contribution in [0.1, 0.15) is 45.3 Å². The van der Waals surface area contributed by atoms with Crippen molar-refractivity contribution >= 4 is 53.5 Å². The standard InChI is InChI=1S/C39H39ClN2O8Si/c1-38(2,3)51(28-13-6-4-7-14-28,29-15-8-5-9-16-29)49-23-24-19-31-35(37(45)41(36(31)44)25-11-10-12-26(20-25)42(47)48)32-22-34(50-39(24,32)46)30-18-17-27(43)21-33(30)40/h4-18,20-21,24,31-32,34-35,43,46H,19,22-23H2,1-3H3/t24-,31+,32+,34+,35+,39-/m1/s1. The van der Waals surface area contributed by atoms with Crippen molar-refractivity contribution in [3.8, 4) is 5.75 Å². The molecule has 2 heterocycles. The Morgan fingerprint density at radius 1 is 0.941 bits per heavy atom. The van der Waals surface area contributed by atoms with Gasteiger partial charge in [-0.15, -0.1) is 0 Å². The number of benzene rings is 4. The molecule has 0 spiro atoms. The number of halogens is 1. The summed E-state index contributed by atoms with van der Waals surface area (Å²) in [5.41, 5.74) is 0.393. The predicted octanol–water partition coefficient (Wildman–Crippen LogP) is 6.12. The smallest absolute Gasteiger partial charge is 0.271 e. The second-order valence-corrected chi connectivity index (χ2v) is 19.4. The quantitative estimate of drug-likeness (QED) is 0.0959. The van der Waals surface area contributed by atoms with Crippen LogP contribution in [0.4, 0.5) is 11.4 Å². The number of carbonyl (C=O) groups is 2. The van der Waals surface area contributed by atoms with Gasteiger partial charge in [0, 0.05) is 30.6 Å². The number of carbonyl (C=O) groups excluding carboxylic acids is 2. The summed E-state index contributed by atoms with van der Waals surface area (Å²) in [6.07, 6.45) is -0.501. The van der Waals surface area contributed by atoms with Crippen LogP contribution < -0.4 is 15.3 Å². The van der Waals surface area contributed by atoms with Crippen LogP contribution in [-0.4, -0.2) is 47.7 Å². The topological polar surface area (TPSA) is 139 Å². The first-order chi connectivity index (χ1) is 24.3. The highest BCUT2D eigenvalue weighted by atomic mass is 35.5. The fraction of sp³-hybridized carbons (Fsp3) is 0.333. The molecular weight excluding hydrogens is 688 g/mol. The fourth-order valence-electron chi connectivity index (χ4n) is 8.63. The fourth-order valence-corrected chi connectivity index (χ4v) is 13.5. The molecule has 4 aromatic rings. The third kappa shape index (κ3) is 5.77. The number of nitrogens with zero attached hydrogens (tertiary/aromatic N) is 2. The minimum Gasteiger partial charge on any atom is -0.508 e. The largest absolute Gasteiger partial charge is 0.508 e. The number of amides is 2. The van der Waals surface area contributed by atoms with Crippen molar-refractivity contribution in [2.75, 3.05) is 11.5 Å². The van der Waals surface area contributed by atoms with Crippen LogP contribution in [0.2, 0.25) is 10.1 Å². The van der Waals surface area contributed by atoms with Gasteiger partial charge in [-0.05, 0) is 52.0 Å². The first-order valence-electron chi connectivity index (χ1n) is 17.0. The zero-order chi connectivity index (χ0) is 36.3. The number of nitro groups is 1. The van der Waals surface area contributed by atoms with Crippen molar-refractivity contribution < 1.29 is 33.9 Å². The molecule has 7 rings (SSSR count). The highest BCUT2D eigenvalue weighted by molar-refractivity contribution is 6.99. The molecule has 12 heteroatoms.